The molecular formula is C18H14BrNO4. The fraction of sp³-hybridized carbons (Fsp3) is 0.111. The van der Waals surface area contributed by atoms with Gasteiger partial charge >= 0.3 is 5.97 Å². The topological polar surface area (TPSA) is 79.5 Å². The standard InChI is InChI=1S/C18H14BrNO4/c1-23-15-5-3-13(4-6-15)14(10-20)8-12-2-7-17(16(19)9-12)24-11-18(21)22/h2-9H,11H2,1H3,(H,21,22)/b14-8+. The molecule has 0 heterocycles. The first kappa shape index (κ1) is 17.6. The average molecular weight is 388 g/mol. The second-order valence-corrected chi connectivity index (χ2v) is 5.62. The Hall–Kier alpha value is -2.78. The van der Waals surface area contributed by atoms with Crippen LogP contribution in [0.4, 0.5) is 0 Å². The van der Waals surface area contributed by atoms with Gasteiger partial charge < -0.3 is 14.6 Å². The molecule has 5 nitrogen and oxygen atoms in total. The summed E-state index contributed by atoms with van der Waals surface area (Å²) in [4.78, 5) is 10.5. The van der Waals surface area contributed by atoms with Crippen molar-refractivity contribution in [1.29, 1.82) is 5.26 Å². The molecule has 0 radical (unpaired) electrons. The minimum absolute atomic E-state index is 0.414. The summed E-state index contributed by atoms with van der Waals surface area (Å²) in [5.74, 6) is 0.105. The maximum atomic E-state index is 10.5. The Morgan fingerprint density at radius 3 is 2.54 bits per heavy atom. The predicted molar refractivity (Wildman–Crippen MR) is 93.8 cm³/mol. The van der Waals surface area contributed by atoms with E-state index in [-0.39, 0.29) is 0 Å². The van der Waals surface area contributed by atoms with E-state index in [1.807, 2.05) is 12.1 Å². The van der Waals surface area contributed by atoms with Crippen LogP contribution in [0.15, 0.2) is 46.9 Å². The number of nitrogens with zero attached hydrogens (tertiary/aromatic N) is 1. The van der Waals surface area contributed by atoms with E-state index in [0.29, 0.717) is 15.8 Å². The third-order valence-corrected chi connectivity index (χ3v) is 3.76. The van der Waals surface area contributed by atoms with Gasteiger partial charge in [0.2, 0.25) is 0 Å². The molecule has 2 rings (SSSR count). The average Bonchev–Trinajstić information content (AvgIpc) is 2.59. The lowest BCUT2D eigenvalue weighted by molar-refractivity contribution is -0.139. The Kier molecular flexibility index (Phi) is 5.99. The number of allylic oxidation sites excluding steroid dienone is 1. The van der Waals surface area contributed by atoms with Crippen LogP contribution in [0.2, 0.25) is 0 Å². The molecule has 1 N–H and O–H groups in total. The van der Waals surface area contributed by atoms with Crippen LogP contribution >= 0.6 is 15.9 Å². The molecule has 0 atom stereocenters. The number of benzene rings is 2. The van der Waals surface area contributed by atoms with Gasteiger partial charge in [-0.15, -0.1) is 0 Å². The van der Waals surface area contributed by atoms with Crippen LogP contribution < -0.4 is 9.47 Å². The molecule has 0 aliphatic rings. The van der Waals surface area contributed by atoms with Crippen molar-refractivity contribution in [3.05, 3.63) is 58.1 Å². The number of carboxylic acid groups (broad SMARTS) is 1. The summed E-state index contributed by atoms with van der Waals surface area (Å²) in [6, 6.07) is 14.6. The molecule has 6 heteroatoms. The highest BCUT2D eigenvalue weighted by molar-refractivity contribution is 9.10. The molecule has 0 saturated heterocycles. The van der Waals surface area contributed by atoms with Gasteiger partial charge in [0.05, 0.1) is 23.2 Å². The van der Waals surface area contributed by atoms with Crippen LogP contribution in [0.5, 0.6) is 11.5 Å². The van der Waals surface area contributed by atoms with E-state index in [2.05, 4.69) is 22.0 Å². The van der Waals surface area contributed by atoms with E-state index in [1.54, 1.807) is 43.5 Å². The van der Waals surface area contributed by atoms with E-state index in [4.69, 9.17) is 14.6 Å². The summed E-state index contributed by atoms with van der Waals surface area (Å²) in [7, 11) is 1.58. The van der Waals surface area contributed by atoms with Gasteiger partial charge in [-0.3, -0.25) is 0 Å². The van der Waals surface area contributed by atoms with Gasteiger partial charge in [-0.1, -0.05) is 6.07 Å². The van der Waals surface area contributed by atoms with Gasteiger partial charge in [0.15, 0.2) is 6.61 Å². The Morgan fingerprint density at radius 1 is 1.29 bits per heavy atom. The van der Waals surface area contributed by atoms with Crippen molar-refractivity contribution in [2.45, 2.75) is 0 Å². The van der Waals surface area contributed by atoms with Crippen molar-refractivity contribution in [2.75, 3.05) is 13.7 Å². The Labute approximate surface area is 147 Å². The third-order valence-electron chi connectivity index (χ3n) is 3.14. The second kappa shape index (κ2) is 8.18. The zero-order chi connectivity index (χ0) is 17.5. The van der Waals surface area contributed by atoms with Crippen molar-refractivity contribution in [2.24, 2.45) is 0 Å². The molecule has 0 spiro atoms. The Balaban J connectivity index is 2.25. The first-order valence-corrected chi connectivity index (χ1v) is 7.73. The fourth-order valence-electron chi connectivity index (χ4n) is 1.98. The van der Waals surface area contributed by atoms with Crippen molar-refractivity contribution < 1.29 is 19.4 Å². The zero-order valence-electron chi connectivity index (χ0n) is 12.8. The van der Waals surface area contributed by atoms with Crippen LogP contribution in [0, 0.1) is 11.3 Å². The number of carboxylic acids is 1. The van der Waals surface area contributed by atoms with Crippen LogP contribution in [0.1, 0.15) is 11.1 Å². The molecule has 0 unspecified atom stereocenters. The van der Waals surface area contributed by atoms with Gasteiger partial charge in [-0.2, -0.15) is 5.26 Å². The van der Waals surface area contributed by atoms with Gasteiger partial charge in [0.25, 0.3) is 0 Å². The van der Waals surface area contributed by atoms with E-state index in [1.165, 1.54) is 0 Å². The molecule has 24 heavy (non-hydrogen) atoms. The van der Waals surface area contributed by atoms with Gasteiger partial charge in [-0.25, -0.2) is 4.79 Å². The van der Waals surface area contributed by atoms with Crippen molar-refractivity contribution in [3.63, 3.8) is 0 Å². The SMILES string of the molecule is COc1ccc(/C(C#N)=C/c2ccc(OCC(=O)O)c(Br)c2)cc1. The lowest BCUT2D eigenvalue weighted by Crippen LogP contribution is -2.09. The Morgan fingerprint density at radius 2 is 2.00 bits per heavy atom. The summed E-state index contributed by atoms with van der Waals surface area (Å²) < 4.78 is 10.9. The minimum atomic E-state index is -1.04. The number of aliphatic carboxylic acids is 1. The fourth-order valence-corrected chi connectivity index (χ4v) is 2.49. The lowest BCUT2D eigenvalue weighted by Gasteiger charge is -2.07. The molecule has 0 saturated carbocycles. The first-order chi connectivity index (χ1) is 11.5. The summed E-state index contributed by atoms with van der Waals surface area (Å²) in [6.45, 7) is -0.414. The maximum Gasteiger partial charge on any atom is 0.341 e. The largest absolute Gasteiger partial charge is 0.497 e. The predicted octanol–water partition coefficient (Wildman–Crippen LogP) is 3.99. The molecule has 0 aliphatic heterocycles. The molecule has 0 aliphatic carbocycles. The van der Waals surface area contributed by atoms with Crippen LogP contribution in [0.25, 0.3) is 11.6 Å². The Bertz CT molecular complexity index is 807. The molecule has 0 amide bonds. The molecule has 122 valence electrons. The number of methoxy groups -OCH3 is 1. The number of nitriles is 1. The summed E-state index contributed by atoms with van der Waals surface area (Å²) >= 11 is 3.34. The molecule has 2 aromatic carbocycles. The monoisotopic (exact) mass is 387 g/mol. The molecule has 2 aromatic rings. The molecule has 0 aromatic heterocycles. The van der Waals surface area contributed by atoms with Crippen molar-refractivity contribution in [1.82, 2.24) is 0 Å². The van der Waals surface area contributed by atoms with Crippen LogP contribution in [-0.4, -0.2) is 24.8 Å². The normalized spacial score (nSPS) is 10.8. The summed E-state index contributed by atoms with van der Waals surface area (Å²) in [5.41, 5.74) is 2.07. The highest BCUT2D eigenvalue weighted by atomic mass is 79.9. The van der Waals surface area contributed by atoms with E-state index in [0.717, 1.165) is 16.9 Å². The van der Waals surface area contributed by atoms with Gasteiger partial charge in [-0.05, 0) is 69.5 Å². The second-order valence-electron chi connectivity index (χ2n) is 4.77. The third kappa shape index (κ3) is 4.61. The van der Waals surface area contributed by atoms with Crippen LogP contribution in [0.3, 0.4) is 0 Å². The smallest absolute Gasteiger partial charge is 0.341 e. The molecule has 0 bridgehead atoms. The number of hydrogen-bond donors (Lipinski definition) is 1. The van der Waals surface area contributed by atoms with E-state index in [9.17, 15) is 10.1 Å². The quantitative estimate of drug-likeness (QED) is 0.598. The van der Waals surface area contributed by atoms with Gasteiger partial charge in [0, 0.05) is 0 Å². The summed E-state index contributed by atoms with van der Waals surface area (Å²) in [6.07, 6.45) is 1.74. The number of rotatable bonds is 6. The number of hydrogen-bond acceptors (Lipinski definition) is 4. The summed E-state index contributed by atoms with van der Waals surface area (Å²) in [5, 5.41) is 18.0. The first-order valence-electron chi connectivity index (χ1n) is 6.94. The van der Waals surface area contributed by atoms with E-state index >= 15 is 0 Å². The number of halogens is 1. The lowest BCUT2D eigenvalue weighted by atomic mass is 10.0. The highest BCUT2D eigenvalue weighted by Crippen LogP contribution is 2.28. The van der Waals surface area contributed by atoms with Crippen LogP contribution in [-0.2, 0) is 4.79 Å². The van der Waals surface area contributed by atoms with Crippen molar-refractivity contribution in [3.8, 4) is 17.6 Å². The molecular weight excluding hydrogens is 374 g/mol. The van der Waals surface area contributed by atoms with Gasteiger partial charge in [0.1, 0.15) is 11.5 Å². The molecule has 0 fully saturated rings. The maximum absolute atomic E-state index is 10.5. The van der Waals surface area contributed by atoms with Crippen molar-refractivity contribution >= 4 is 33.5 Å². The zero-order valence-corrected chi connectivity index (χ0v) is 14.4. The minimum Gasteiger partial charge on any atom is -0.497 e. The van der Waals surface area contributed by atoms with E-state index < -0.39 is 12.6 Å². The number of ether oxygens (including phenoxy) is 2. The number of carbonyl (C=O) groups is 1. The highest BCUT2D eigenvalue weighted by Gasteiger charge is 2.06.